The number of nitrogens with two attached hydrogens (primary N) is 1. The molecule has 0 radical (unpaired) electrons. The molecule has 1 unspecified atom stereocenters. The van der Waals surface area contributed by atoms with E-state index in [1.807, 2.05) is 0 Å². The van der Waals surface area contributed by atoms with Crippen LogP contribution in [0.1, 0.15) is 68.9 Å². The summed E-state index contributed by atoms with van der Waals surface area (Å²) in [6.07, 6.45) is 8.90. The van der Waals surface area contributed by atoms with Crippen LogP contribution in [0.15, 0.2) is 0 Å². The highest BCUT2D eigenvalue weighted by Gasteiger charge is 2.28. The number of aromatic nitrogens is 2. The molecule has 0 amide bonds. The SMILES string of the molecule is CC1CCCc2nc(C3CCCC3)c(N)n21. The number of nitrogens with zero attached hydrogens (tertiary/aromatic N) is 2. The molecule has 2 N–H and O–H groups in total. The van der Waals surface area contributed by atoms with Crippen LogP contribution in [0.4, 0.5) is 5.82 Å². The number of hydrogen-bond acceptors (Lipinski definition) is 2. The Labute approximate surface area is 97.0 Å². The summed E-state index contributed by atoms with van der Waals surface area (Å²) in [6, 6.07) is 0.548. The van der Waals surface area contributed by atoms with E-state index >= 15 is 0 Å². The van der Waals surface area contributed by atoms with Gasteiger partial charge in [-0.1, -0.05) is 12.8 Å². The lowest BCUT2D eigenvalue weighted by molar-refractivity contribution is 0.430. The summed E-state index contributed by atoms with van der Waals surface area (Å²) >= 11 is 0. The molecule has 0 saturated heterocycles. The monoisotopic (exact) mass is 219 g/mol. The van der Waals surface area contributed by atoms with Gasteiger partial charge in [0.2, 0.25) is 0 Å². The molecular formula is C13H21N3. The zero-order valence-corrected chi connectivity index (χ0v) is 10.1. The van der Waals surface area contributed by atoms with Gasteiger partial charge in [0.05, 0.1) is 5.69 Å². The van der Waals surface area contributed by atoms with Gasteiger partial charge in [-0.15, -0.1) is 0 Å². The zero-order chi connectivity index (χ0) is 11.1. The molecule has 3 nitrogen and oxygen atoms in total. The van der Waals surface area contributed by atoms with E-state index in [9.17, 15) is 0 Å². The normalized spacial score (nSPS) is 25.9. The lowest BCUT2D eigenvalue weighted by atomic mass is 10.0. The fourth-order valence-electron chi connectivity index (χ4n) is 3.37. The highest BCUT2D eigenvalue weighted by atomic mass is 15.2. The predicted octanol–water partition coefficient (Wildman–Crippen LogP) is 3.02. The van der Waals surface area contributed by atoms with Gasteiger partial charge in [0.15, 0.2) is 0 Å². The third-order valence-corrected chi connectivity index (χ3v) is 4.25. The molecule has 1 aliphatic heterocycles. The van der Waals surface area contributed by atoms with Gasteiger partial charge in [-0.05, 0) is 32.6 Å². The molecule has 1 aromatic rings. The van der Waals surface area contributed by atoms with Crippen molar-refractivity contribution in [1.29, 1.82) is 0 Å². The first-order valence-corrected chi connectivity index (χ1v) is 6.64. The Bertz CT molecular complexity index is 388. The lowest BCUT2D eigenvalue weighted by Crippen LogP contribution is -2.17. The second kappa shape index (κ2) is 3.79. The van der Waals surface area contributed by atoms with E-state index < -0.39 is 0 Å². The summed E-state index contributed by atoms with van der Waals surface area (Å²) in [6.45, 7) is 2.26. The van der Waals surface area contributed by atoms with E-state index in [2.05, 4.69) is 11.5 Å². The Morgan fingerprint density at radius 3 is 2.62 bits per heavy atom. The second-order valence-corrected chi connectivity index (χ2v) is 5.39. The van der Waals surface area contributed by atoms with Crippen molar-refractivity contribution in [3.63, 3.8) is 0 Å². The molecule has 2 aliphatic rings. The van der Waals surface area contributed by atoms with Gasteiger partial charge < -0.3 is 10.3 Å². The third-order valence-electron chi connectivity index (χ3n) is 4.25. The van der Waals surface area contributed by atoms with Crippen LogP contribution in [0.2, 0.25) is 0 Å². The second-order valence-electron chi connectivity index (χ2n) is 5.39. The van der Waals surface area contributed by atoms with Gasteiger partial charge >= 0.3 is 0 Å². The van der Waals surface area contributed by atoms with Crippen molar-refractivity contribution in [3.05, 3.63) is 11.5 Å². The van der Waals surface area contributed by atoms with E-state index in [0.29, 0.717) is 12.0 Å². The minimum atomic E-state index is 0.548. The summed E-state index contributed by atoms with van der Waals surface area (Å²) < 4.78 is 2.29. The first-order chi connectivity index (χ1) is 7.77. The van der Waals surface area contributed by atoms with Crippen LogP contribution >= 0.6 is 0 Å². The molecule has 1 fully saturated rings. The summed E-state index contributed by atoms with van der Waals surface area (Å²) in [5.41, 5.74) is 7.50. The number of rotatable bonds is 1. The van der Waals surface area contributed by atoms with E-state index in [1.54, 1.807) is 0 Å². The lowest BCUT2D eigenvalue weighted by Gasteiger charge is -2.22. The smallest absolute Gasteiger partial charge is 0.127 e. The van der Waals surface area contributed by atoms with Crippen LogP contribution in [0.5, 0.6) is 0 Å². The van der Waals surface area contributed by atoms with Gasteiger partial charge in [0.1, 0.15) is 11.6 Å². The van der Waals surface area contributed by atoms with Crippen LogP contribution in [-0.4, -0.2) is 9.55 Å². The van der Waals surface area contributed by atoms with E-state index in [-0.39, 0.29) is 0 Å². The van der Waals surface area contributed by atoms with Gasteiger partial charge in [-0.3, -0.25) is 0 Å². The fraction of sp³-hybridized carbons (Fsp3) is 0.769. The first kappa shape index (κ1) is 10.2. The van der Waals surface area contributed by atoms with Gasteiger partial charge in [-0.2, -0.15) is 0 Å². The number of anilines is 1. The molecule has 1 saturated carbocycles. The van der Waals surface area contributed by atoms with E-state index in [1.165, 1.54) is 50.0 Å². The molecule has 1 atom stereocenters. The Morgan fingerprint density at radius 2 is 1.94 bits per heavy atom. The zero-order valence-electron chi connectivity index (χ0n) is 10.1. The molecule has 0 bridgehead atoms. The maximum absolute atomic E-state index is 6.29. The Kier molecular flexibility index (Phi) is 2.41. The van der Waals surface area contributed by atoms with E-state index in [0.717, 1.165) is 12.2 Å². The van der Waals surface area contributed by atoms with E-state index in [4.69, 9.17) is 10.7 Å². The maximum atomic E-state index is 6.29. The molecule has 0 aromatic carbocycles. The van der Waals surface area contributed by atoms with Gasteiger partial charge in [-0.25, -0.2) is 4.98 Å². The highest BCUT2D eigenvalue weighted by Crippen LogP contribution is 2.39. The topological polar surface area (TPSA) is 43.8 Å². The van der Waals surface area contributed by atoms with Gasteiger partial charge in [0.25, 0.3) is 0 Å². The summed E-state index contributed by atoms with van der Waals surface area (Å²) in [4.78, 5) is 4.82. The number of fused-ring (bicyclic) bond motifs is 1. The van der Waals surface area contributed by atoms with Crippen LogP contribution in [0.3, 0.4) is 0 Å². The number of aryl methyl sites for hydroxylation is 1. The summed E-state index contributed by atoms with van der Waals surface area (Å²) in [5, 5.41) is 0. The molecule has 16 heavy (non-hydrogen) atoms. The number of nitrogen functional groups attached to an aromatic ring is 1. The third kappa shape index (κ3) is 1.45. The predicted molar refractivity (Wildman–Crippen MR) is 65.5 cm³/mol. The molecule has 3 heteroatoms. The number of hydrogen-bond donors (Lipinski definition) is 1. The molecule has 2 heterocycles. The molecule has 0 spiro atoms. The van der Waals surface area contributed by atoms with Crippen LogP contribution in [0.25, 0.3) is 0 Å². The molecule has 3 rings (SSSR count). The summed E-state index contributed by atoms with van der Waals surface area (Å²) in [7, 11) is 0. The van der Waals surface area contributed by atoms with Gasteiger partial charge in [0, 0.05) is 18.4 Å². The van der Waals surface area contributed by atoms with Crippen LogP contribution in [0, 0.1) is 0 Å². The van der Waals surface area contributed by atoms with Crippen molar-refractivity contribution in [1.82, 2.24) is 9.55 Å². The average Bonchev–Trinajstić information content (AvgIpc) is 2.86. The molecular weight excluding hydrogens is 198 g/mol. The molecule has 1 aromatic heterocycles. The van der Waals surface area contributed by atoms with Crippen molar-refractivity contribution in [2.75, 3.05) is 5.73 Å². The van der Waals surface area contributed by atoms with Crippen LogP contribution in [-0.2, 0) is 6.42 Å². The van der Waals surface area contributed by atoms with Crippen molar-refractivity contribution >= 4 is 5.82 Å². The van der Waals surface area contributed by atoms with Crippen molar-refractivity contribution < 1.29 is 0 Å². The van der Waals surface area contributed by atoms with Crippen molar-refractivity contribution in [3.8, 4) is 0 Å². The largest absolute Gasteiger partial charge is 0.384 e. The average molecular weight is 219 g/mol. The first-order valence-electron chi connectivity index (χ1n) is 6.64. The Morgan fingerprint density at radius 1 is 1.19 bits per heavy atom. The number of imidazole rings is 1. The Hall–Kier alpha value is -0.990. The summed E-state index contributed by atoms with van der Waals surface area (Å²) in [5.74, 6) is 2.84. The van der Waals surface area contributed by atoms with Crippen molar-refractivity contribution in [2.24, 2.45) is 0 Å². The van der Waals surface area contributed by atoms with Crippen molar-refractivity contribution in [2.45, 2.75) is 63.8 Å². The quantitative estimate of drug-likeness (QED) is 0.789. The highest BCUT2D eigenvalue weighted by molar-refractivity contribution is 5.42. The van der Waals surface area contributed by atoms with Crippen LogP contribution < -0.4 is 5.73 Å². The fourth-order valence-corrected chi connectivity index (χ4v) is 3.37. The minimum absolute atomic E-state index is 0.548. The Balaban J connectivity index is 2.00. The minimum Gasteiger partial charge on any atom is -0.384 e. The standard InChI is InChI=1S/C13H21N3/c1-9-5-4-8-11-15-12(13(14)16(9)11)10-6-2-3-7-10/h9-10H,2-8,14H2,1H3. The molecule has 88 valence electrons. The molecule has 1 aliphatic carbocycles. The maximum Gasteiger partial charge on any atom is 0.127 e.